The van der Waals surface area contributed by atoms with Crippen molar-refractivity contribution < 1.29 is 9.90 Å². The van der Waals surface area contributed by atoms with Gasteiger partial charge < -0.3 is 15.3 Å². The molecule has 0 aliphatic carbocycles. The van der Waals surface area contributed by atoms with Crippen LogP contribution in [0.5, 0.6) is 0 Å². The number of allylic oxidation sites excluding steroid dienone is 2. The molecule has 21 heavy (non-hydrogen) atoms. The Hall–Kier alpha value is -2.58. The molecule has 0 radical (unpaired) electrons. The van der Waals surface area contributed by atoms with Crippen molar-refractivity contribution in [3.05, 3.63) is 59.1 Å². The average molecular weight is 283 g/mol. The Kier molecular flexibility index (Phi) is 5.13. The molecule has 0 unspecified atom stereocenters. The molecule has 1 saturated heterocycles. The second-order valence-electron chi connectivity index (χ2n) is 4.66. The van der Waals surface area contributed by atoms with E-state index >= 15 is 0 Å². The SMILES string of the molecule is [C-]#[N+]/C(=C\C=C\c1ccc(N2CCNCC2)cc1)C(=O)O. The summed E-state index contributed by atoms with van der Waals surface area (Å²) in [5.41, 5.74) is 1.88. The van der Waals surface area contributed by atoms with Crippen molar-refractivity contribution >= 4 is 17.7 Å². The molecular weight excluding hydrogens is 266 g/mol. The summed E-state index contributed by atoms with van der Waals surface area (Å²) in [6, 6.07) is 8.09. The maximum atomic E-state index is 10.7. The van der Waals surface area contributed by atoms with E-state index in [1.165, 1.54) is 11.8 Å². The van der Waals surface area contributed by atoms with Crippen LogP contribution in [-0.2, 0) is 4.79 Å². The van der Waals surface area contributed by atoms with Gasteiger partial charge in [0.05, 0.1) is 6.57 Å². The summed E-state index contributed by atoms with van der Waals surface area (Å²) in [5.74, 6) is -1.20. The van der Waals surface area contributed by atoms with E-state index in [1.807, 2.05) is 12.1 Å². The van der Waals surface area contributed by atoms with Gasteiger partial charge in [-0.05, 0) is 23.8 Å². The second kappa shape index (κ2) is 7.27. The van der Waals surface area contributed by atoms with Crippen molar-refractivity contribution in [3.63, 3.8) is 0 Å². The minimum Gasteiger partial charge on any atom is -0.486 e. The van der Waals surface area contributed by atoms with Gasteiger partial charge in [0.2, 0.25) is 0 Å². The predicted molar refractivity (Wildman–Crippen MR) is 82.9 cm³/mol. The summed E-state index contributed by atoms with van der Waals surface area (Å²) in [6.07, 6.45) is 4.68. The van der Waals surface area contributed by atoms with Crippen LogP contribution in [-0.4, -0.2) is 37.3 Å². The lowest BCUT2D eigenvalue weighted by atomic mass is 10.1. The molecule has 0 saturated carbocycles. The molecule has 2 rings (SSSR count). The molecule has 5 heteroatoms. The fraction of sp³-hybridized carbons (Fsp3) is 0.250. The van der Waals surface area contributed by atoms with Crippen LogP contribution in [0.25, 0.3) is 10.9 Å². The number of rotatable bonds is 4. The molecule has 108 valence electrons. The molecule has 1 aliphatic rings. The molecule has 0 aromatic heterocycles. The predicted octanol–water partition coefficient (Wildman–Crippen LogP) is 2.00. The highest BCUT2D eigenvalue weighted by atomic mass is 16.4. The molecule has 1 fully saturated rings. The Morgan fingerprint density at radius 3 is 2.52 bits per heavy atom. The quantitative estimate of drug-likeness (QED) is 0.504. The molecular formula is C16H17N3O2. The highest BCUT2D eigenvalue weighted by Crippen LogP contribution is 2.16. The lowest BCUT2D eigenvalue weighted by molar-refractivity contribution is -0.132. The molecule has 0 bridgehead atoms. The molecule has 1 aliphatic heterocycles. The first-order valence-corrected chi connectivity index (χ1v) is 6.75. The van der Waals surface area contributed by atoms with Gasteiger partial charge in [0.15, 0.2) is 0 Å². The molecule has 1 aromatic rings. The van der Waals surface area contributed by atoms with Crippen LogP contribution in [0.4, 0.5) is 5.69 Å². The largest absolute Gasteiger partial charge is 0.486 e. The lowest BCUT2D eigenvalue weighted by Crippen LogP contribution is -2.43. The third-order valence-electron chi connectivity index (χ3n) is 3.26. The molecule has 0 atom stereocenters. The number of anilines is 1. The van der Waals surface area contributed by atoms with Crippen molar-refractivity contribution in [1.82, 2.24) is 5.32 Å². The highest BCUT2D eigenvalue weighted by molar-refractivity contribution is 5.89. The molecule has 0 amide bonds. The van der Waals surface area contributed by atoms with E-state index in [1.54, 1.807) is 12.2 Å². The van der Waals surface area contributed by atoms with Gasteiger partial charge in [-0.3, -0.25) is 4.79 Å². The number of benzene rings is 1. The molecule has 5 nitrogen and oxygen atoms in total. The maximum Gasteiger partial charge on any atom is 0.333 e. The first-order chi connectivity index (χ1) is 10.2. The topological polar surface area (TPSA) is 56.9 Å². The van der Waals surface area contributed by atoms with E-state index in [9.17, 15) is 4.79 Å². The minimum atomic E-state index is -1.20. The number of aliphatic carboxylic acids is 1. The Labute approximate surface area is 124 Å². The lowest BCUT2D eigenvalue weighted by Gasteiger charge is -2.29. The van der Waals surface area contributed by atoms with Crippen LogP contribution in [0.15, 0.2) is 42.1 Å². The maximum absolute atomic E-state index is 10.7. The first-order valence-electron chi connectivity index (χ1n) is 6.75. The number of nitrogens with one attached hydrogen (secondary N) is 1. The molecule has 1 aromatic carbocycles. The summed E-state index contributed by atoms with van der Waals surface area (Å²) in [4.78, 5) is 15.9. The fourth-order valence-corrected chi connectivity index (χ4v) is 2.13. The zero-order valence-electron chi connectivity index (χ0n) is 11.6. The van der Waals surface area contributed by atoms with Crippen molar-refractivity contribution in [3.8, 4) is 0 Å². The second-order valence-corrected chi connectivity index (χ2v) is 4.66. The number of nitrogens with zero attached hydrogens (tertiary/aromatic N) is 2. The summed E-state index contributed by atoms with van der Waals surface area (Å²) in [5, 5.41) is 12.0. The minimum absolute atomic E-state index is 0.288. The number of piperazine rings is 1. The number of carbonyl (C=O) groups is 1. The van der Waals surface area contributed by atoms with Crippen molar-refractivity contribution in [2.45, 2.75) is 0 Å². The highest BCUT2D eigenvalue weighted by Gasteiger charge is 2.09. The summed E-state index contributed by atoms with van der Waals surface area (Å²) in [7, 11) is 0. The monoisotopic (exact) mass is 283 g/mol. The third-order valence-corrected chi connectivity index (χ3v) is 3.26. The van der Waals surface area contributed by atoms with Crippen LogP contribution in [0.1, 0.15) is 5.56 Å². The van der Waals surface area contributed by atoms with Crippen LogP contribution in [0, 0.1) is 6.57 Å². The molecule has 0 spiro atoms. The molecule has 2 N–H and O–H groups in total. The van der Waals surface area contributed by atoms with Gasteiger partial charge >= 0.3 is 5.97 Å². The Balaban J connectivity index is 2.02. The number of carboxylic acids is 1. The van der Waals surface area contributed by atoms with E-state index in [4.69, 9.17) is 11.7 Å². The smallest absolute Gasteiger partial charge is 0.333 e. The van der Waals surface area contributed by atoms with Crippen LogP contribution < -0.4 is 10.2 Å². The van der Waals surface area contributed by atoms with E-state index in [2.05, 4.69) is 27.2 Å². The fourth-order valence-electron chi connectivity index (χ4n) is 2.13. The molecule has 1 heterocycles. The Bertz CT molecular complexity index is 591. The van der Waals surface area contributed by atoms with Crippen LogP contribution in [0.2, 0.25) is 0 Å². The zero-order valence-corrected chi connectivity index (χ0v) is 11.6. The Morgan fingerprint density at radius 1 is 1.29 bits per heavy atom. The number of hydrogen-bond donors (Lipinski definition) is 2. The van der Waals surface area contributed by atoms with Gasteiger partial charge in [0.1, 0.15) is 0 Å². The summed E-state index contributed by atoms with van der Waals surface area (Å²) in [6.45, 7) is 10.8. The third kappa shape index (κ3) is 4.20. The summed E-state index contributed by atoms with van der Waals surface area (Å²) >= 11 is 0. The zero-order chi connectivity index (χ0) is 15.1. The van der Waals surface area contributed by atoms with Gasteiger partial charge in [-0.15, -0.1) is 0 Å². The van der Waals surface area contributed by atoms with Gasteiger partial charge in [-0.25, -0.2) is 4.85 Å². The van der Waals surface area contributed by atoms with E-state index in [0.717, 1.165) is 31.7 Å². The summed E-state index contributed by atoms with van der Waals surface area (Å²) < 4.78 is 0. The van der Waals surface area contributed by atoms with Crippen molar-refractivity contribution in [1.29, 1.82) is 0 Å². The van der Waals surface area contributed by atoms with Gasteiger partial charge in [0.25, 0.3) is 5.70 Å². The van der Waals surface area contributed by atoms with Crippen molar-refractivity contribution in [2.75, 3.05) is 31.1 Å². The van der Waals surface area contributed by atoms with E-state index in [0.29, 0.717) is 0 Å². The van der Waals surface area contributed by atoms with Crippen LogP contribution >= 0.6 is 0 Å². The van der Waals surface area contributed by atoms with Gasteiger partial charge in [-0.1, -0.05) is 24.3 Å². The first kappa shape index (κ1) is 14.8. The van der Waals surface area contributed by atoms with Crippen LogP contribution in [0.3, 0.4) is 0 Å². The standard InChI is InChI=1S/C16H17N3O2/c1-17-15(16(20)21)4-2-3-13-5-7-14(8-6-13)19-11-9-18-10-12-19/h2-8,18H,9-12H2,(H,20,21)/b3-2+,15-4-. The van der Waals surface area contributed by atoms with E-state index < -0.39 is 5.97 Å². The van der Waals surface area contributed by atoms with Gasteiger partial charge in [-0.2, -0.15) is 0 Å². The van der Waals surface area contributed by atoms with E-state index in [-0.39, 0.29) is 5.70 Å². The van der Waals surface area contributed by atoms with Gasteiger partial charge in [0, 0.05) is 31.9 Å². The average Bonchev–Trinajstić information content (AvgIpc) is 2.53. The normalized spacial score (nSPS) is 16.0. The van der Waals surface area contributed by atoms with Crippen molar-refractivity contribution in [2.24, 2.45) is 0 Å². The Morgan fingerprint density at radius 2 is 1.95 bits per heavy atom. The number of hydrogen-bond acceptors (Lipinski definition) is 3. The number of carboxylic acid groups (broad SMARTS) is 1.